The van der Waals surface area contributed by atoms with E-state index in [0.29, 0.717) is 6.04 Å². The molecule has 1 aromatic carbocycles. The van der Waals surface area contributed by atoms with Gasteiger partial charge in [0.25, 0.3) is 0 Å². The molecule has 2 heteroatoms. The molecule has 0 heterocycles. The van der Waals surface area contributed by atoms with E-state index in [2.05, 4.69) is 54.3 Å². The van der Waals surface area contributed by atoms with Gasteiger partial charge in [0.1, 0.15) is 0 Å². The average Bonchev–Trinajstić information content (AvgIpc) is 2.96. The summed E-state index contributed by atoms with van der Waals surface area (Å²) in [6.45, 7) is 3.31. The van der Waals surface area contributed by atoms with E-state index < -0.39 is 0 Å². The fourth-order valence-electron chi connectivity index (χ4n) is 2.83. The van der Waals surface area contributed by atoms with Crippen LogP contribution in [0.15, 0.2) is 30.3 Å². The Kier molecular flexibility index (Phi) is 6.80. The van der Waals surface area contributed by atoms with Gasteiger partial charge in [-0.15, -0.1) is 0 Å². The number of aryl methyl sites for hydroxylation is 1. The zero-order valence-electron chi connectivity index (χ0n) is 12.1. The van der Waals surface area contributed by atoms with Crippen LogP contribution >= 0.6 is 11.8 Å². The molecule has 1 saturated carbocycles. The molecular formula is C17H27NS. The van der Waals surface area contributed by atoms with E-state index in [1.165, 1.54) is 49.8 Å². The van der Waals surface area contributed by atoms with Crippen molar-refractivity contribution in [3.8, 4) is 0 Å². The Morgan fingerprint density at radius 3 is 2.63 bits per heavy atom. The molecule has 0 radical (unpaired) electrons. The van der Waals surface area contributed by atoms with Gasteiger partial charge in [-0.2, -0.15) is 11.8 Å². The van der Waals surface area contributed by atoms with Gasteiger partial charge in [-0.25, -0.2) is 0 Å². The molecule has 0 spiro atoms. The minimum atomic E-state index is 0.677. The predicted octanol–water partition coefficient (Wildman–Crippen LogP) is 4.27. The van der Waals surface area contributed by atoms with E-state index in [0.717, 1.165) is 11.8 Å². The number of thioether (sulfide) groups is 1. The van der Waals surface area contributed by atoms with E-state index in [-0.39, 0.29) is 0 Å². The van der Waals surface area contributed by atoms with Crippen molar-refractivity contribution in [2.24, 2.45) is 0 Å². The van der Waals surface area contributed by atoms with Crippen molar-refractivity contribution in [2.45, 2.75) is 56.7 Å². The highest BCUT2D eigenvalue weighted by atomic mass is 32.2. The Balaban J connectivity index is 1.72. The molecule has 1 aromatic rings. The molecule has 0 aliphatic heterocycles. The van der Waals surface area contributed by atoms with Crippen LogP contribution in [0.25, 0.3) is 0 Å². The summed E-state index contributed by atoms with van der Waals surface area (Å²) in [5.41, 5.74) is 1.47. The fourth-order valence-corrected chi connectivity index (χ4v) is 4.28. The minimum Gasteiger partial charge on any atom is -0.313 e. The van der Waals surface area contributed by atoms with Gasteiger partial charge in [-0.1, -0.05) is 50.1 Å². The first-order valence-corrected chi connectivity index (χ1v) is 8.82. The number of hydrogen-bond donors (Lipinski definition) is 1. The quantitative estimate of drug-likeness (QED) is 0.761. The summed E-state index contributed by atoms with van der Waals surface area (Å²) in [6.07, 6.45) is 8.26. The SMILES string of the molecule is CCNC(CCc1ccccc1)CSC1CCCC1. The van der Waals surface area contributed by atoms with E-state index in [1.54, 1.807) is 0 Å². The smallest absolute Gasteiger partial charge is 0.0161 e. The molecule has 2 rings (SSSR count). The molecule has 1 N–H and O–H groups in total. The Hall–Kier alpha value is -0.470. The normalized spacial score (nSPS) is 17.7. The number of rotatable bonds is 8. The molecule has 106 valence electrons. The molecular weight excluding hydrogens is 250 g/mol. The number of benzene rings is 1. The topological polar surface area (TPSA) is 12.0 Å². The van der Waals surface area contributed by atoms with Gasteiger partial charge in [-0.3, -0.25) is 0 Å². The largest absolute Gasteiger partial charge is 0.313 e. The Morgan fingerprint density at radius 1 is 1.21 bits per heavy atom. The van der Waals surface area contributed by atoms with Gasteiger partial charge >= 0.3 is 0 Å². The third kappa shape index (κ3) is 5.58. The van der Waals surface area contributed by atoms with Crippen LogP contribution in [-0.4, -0.2) is 23.6 Å². The van der Waals surface area contributed by atoms with Crippen LogP contribution in [0.2, 0.25) is 0 Å². The zero-order valence-corrected chi connectivity index (χ0v) is 12.9. The Bertz CT molecular complexity index is 332. The summed E-state index contributed by atoms with van der Waals surface area (Å²) < 4.78 is 0. The Labute approximate surface area is 122 Å². The van der Waals surface area contributed by atoms with Crippen LogP contribution in [-0.2, 0) is 6.42 Å². The zero-order chi connectivity index (χ0) is 13.3. The maximum atomic E-state index is 3.66. The average molecular weight is 277 g/mol. The molecule has 1 aliphatic rings. The minimum absolute atomic E-state index is 0.677. The molecule has 0 amide bonds. The summed E-state index contributed by atoms with van der Waals surface area (Å²) >= 11 is 2.20. The maximum Gasteiger partial charge on any atom is 0.0161 e. The molecule has 1 atom stereocenters. The third-order valence-electron chi connectivity index (χ3n) is 3.95. The van der Waals surface area contributed by atoms with Gasteiger partial charge in [0.05, 0.1) is 0 Å². The van der Waals surface area contributed by atoms with Crippen LogP contribution in [0.5, 0.6) is 0 Å². The van der Waals surface area contributed by atoms with Crippen LogP contribution in [0.1, 0.15) is 44.6 Å². The van der Waals surface area contributed by atoms with Crippen molar-refractivity contribution < 1.29 is 0 Å². The van der Waals surface area contributed by atoms with Crippen molar-refractivity contribution in [2.75, 3.05) is 12.3 Å². The highest BCUT2D eigenvalue weighted by Crippen LogP contribution is 2.30. The van der Waals surface area contributed by atoms with Crippen LogP contribution in [0, 0.1) is 0 Å². The van der Waals surface area contributed by atoms with E-state index >= 15 is 0 Å². The molecule has 19 heavy (non-hydrogen) atoms. The highest BCUT2D eigenvalue weighted by molar-refractivity contribution is 7.99. The molecule has 1 unspecified atom stereocenters. The van der Waals surface area contributed by atoms with E-state index in [1.807, 2.05) is 0 Å². The van der Waals surface area contributed by atoms with Crippen LogP contribution in [0.3, 0.4) is 0 Å². The van der Waals surface area contributed by atoms with Crippen LogP contribution in [0.4, 0.5) is 0 Å². The van der Waals surface area contributed by atoms with Gasteiger partial charge in [0.15, 0.2) is 0 Å². The summed E-state index contributed by atoms with van der Waals surface area (Å²) in [5, 5.41) is 4.60. The second-order valence-electron chi connectivity index (χ2n) is 5.52. The lowest BCUT2D eigenvalue weighted by Gasteiger charge is -2.19. The maximum absolute atomic E-state index is 3.66. The first-order chi connectivity index (χ1) is 9.38. The number of hydrogen-bond acceptors (Lipinski definition) is 2. The third-order valence-corrected chi connectivity index (χ3v) is 5.49. The first-order valence-electron chi connectivity index (χ1n) is 7.77. The second-order valence-corrected chi connectivity index (χ2v) is 6.85. The summed E-state index contributed by atoms with van der Waals surface area (Å²) in [6, 6.07) is 11.5. The van der Waals surface area contributed by atoms with Crippen molar-refractivity contribution >= 4 is 11.8 Å². The predicted molar refractivity (Wildman–Crippen MR) is 86.9 cm³/mol. The first kappa shape index (κ1) is 14.9. The molecule has 1 fully saturated rings. The van der Waals surface area contributed by atoms with Crippen molar-refractivity contribution in [3.05, 3.63) is 35.9 Å². The van der Waals surface area contributed by atoms with E-state index in [9.17, 15) is 0 Å². The Morgan fingerprint density at radius 2 is 1.95 bits per heavy atom. The second kappa shape index (κ2) is 8.65. The van der Waals surface area contributed by atoms with Crippen molar-refractivity contribution in [1.82, 2.24) is 5.32 Å². The fraction of sp³-hybridized carbons (Fsp3) is 0.647. The summed E-state index contributed by atoms with van der Waals surface area (Å²) in [5.74, 6) is 1.28. The number of nitrogens with one attached hydrogen (secondary N) is 1. The van der Waals surface area contributed by atoms with Gasteiger partial charge in [0.2, 0.25) is 0 Å². The van der Waals surface area contributed by atoms with Crippen molar-refractivity contribution in [3.63, 3.8) is 0 Å². The molecule has 0 aromatic heterocycles. The summed E-state index contributed by atoms with van der Waals surface area (Å²) in [7, 11) is 0. The standard InChI is InChI=1S/C17H27NS/c1-2-18-16(14-19-17-10-6-7-11-17)13-12-15-8-4-3-5-9-15/h3-5,8-9,16-18H,2,6-7,10-14H2,1H3. The lowest BCUT2D eigenvalue weighted by Crippen LogP contribution is -2.32. The highest BCUT2D eigenvalue weighted by Gasteiger charge is 2.17. The van der Waals surface area contributed by atoms with Crippen LogP contribution < -0.4 is 5.32 Å². The molecule has 1 aliphatic carbocycles. The van der Waals surface area contributed by atoms with E-state index in [4.69, 9.17) is 0 Å². The molecule has 0 bridgehead atoms. The lowest BCUT2D eigenvalue weighted by molar-refractivity contribution is 0.537. The summed E-state index contributed by atoms with van der Waals surface area (Å²) in [4.78, 5) is 0. The van der Waals surface area contributed by atoms with Gasteiger partial charge < -0.3 is 5.32 Å². The molecule has 0 saturated heterocycles. The van der Waals surface area contributed by atoms with Gasteiger partial charge in [0, 0.05) is 17.0 Å². The monoisotopic (exact) mass is 277 g/mol. The lowest BCUT2D eigenvalue weighted by atomic mass is 10.1. The van der Waals surface area contributed by atoms with Gasteiger partial charge in [-0.05, 0) is 37.8 Å². The van der Waals surface area contributed by atoms with Crippen molar-refractivity contribution in [1.29, 1.82) is 0 Å². The molecule has 1 nitrogen and oxygen atoms in total.